The molecule has 110 valence electrons. The molecule has 2 fully saturated rings. The predicted molar refractivity (Wildman–Crippen MR) is 72.6 cm³/mol. The SMILES string of the molecule is COC1CCC(Cc2noc(C(F)=C3CCC3)n2)CC1. The number of ether oxygens (including phenoxy) is 1. The third-order valence-corrected chi connectivity index (χ3v) is 4.52. The molecule has 0 bridgehead atoms. The van der Waals surface area contributed by atoms with E-state index in [1.54, 1.807) is 7.11 Å². The largest absolute Gasteiger partial charge is 0.381 e. The third-order valence-electron chi connectivity index (χ3n) is 4.52. The van der Waals surface area contributed by atoms with E-state index in [-0.39, 0.29) is 11.7 Å². The molecule has 0 atom stereocenters. The Morgan fingerprint density at radius 1 is 1.30 bits per heavy atom. The van der Waals surface area contributed by atoms with Gasteiger partial charge in [-0.3, -0.25) is 0 Å². The monoisotopic (exact) mass is 280 g/mol. The molecule has 0 unspecified atom stereocenters. The van der Waals surface area contributed by atoms with Crippen LogP contribution in [0.1, 0.15) is 56.7 Å². The van der Waals surface area contributed by atoms with Crippen LogP contribution in [0.3, 0.4) is 0 Å². The zero-order chi connectivity index (χ0) is 13.9. The summed E-state index contributed by atoms with van der Waals surface area (Å²) in [5.41, 5.74) is 0.820. The summed E-state index contributed by atoms with van der Waals surface area (Å²) in [5, 5.41) is 3.92. The molecule has 20 heavy (non-hydrogen) atoms. The van der Waals surface area contributed by atoms with Crippen molar-refractivity contribution in [2.45, 2.75) is 57.5 Å². The fourth-order valence-corrected chi connectivity index (χ4v) is 2.98. The van der Waals surface area contributed by atoms with Crippen molar-refractivity contribution in [1.82, 2.24) is 10.1 Å². The second-order valence-electron chi connectivity index (χ2n) is 5.87. The molecule has 5 heteroatoms. The van der Waals surface area contributed by atoms with Gasteiger partial charge in [0.15, 0.2) is 11.7 Å². The van der Waals surface area contributed by atoms with Gasteiger partial charge in [-0.2, -0.15) is 4.98 Å². The Balaban J connectivity index is 1.58. The minimum Gasteiger partial charge on any atom is -0.381 e. The number of allylic oxidation sites excluding steroid dienone is 1. The maximum absolute atomic E-state index is 13.9. The summed E-state index contributed by atoms with van der Waals surface area (Å²) in [6.45, 7) is 0. The highest BCUT2D eigenvalue weighted by Crippen LogP contribution is 2.34. The average molecular weight is 280 g/mol. The molecule has 0 radical (unpaired) electrons. The van der Waals surface area contributed by atoms with Crippen LogP contribution < -0.4 is 0 Å². The summed E-state index contributed by atoms with van der Waals surface area (Å²) >= 11 is 0. The Morgan fingerprint density at radius 3 is 2.65 bits per heavy atom. The lowest BCUT2D eigenvalue weighted by molar-refractivity contribution is 0.0565. The van der Waals surface area contributed by atoms with Crippen molar-refractivity contribution in [3.05, 3.63) is 17.3 Å². The van der Waals surface area contributed by atoms with Crippen molar-refractivity contribution in [3.63, 3.8) is 0 Å². The number of methoxy groups -OCH3 is 1. The Labute approximate surface area is 118 Å². The van der Waals surface area contributed by atoms with Crippen LogP contribution in [-0.4, -0.2) is 23.4 Å². The van der Waals surface area contributed by atoms with Gasteiger partial charge in [0.25, 0.3) is 5.89 Å². The molecule has 2 saturated carbocycles. The van der Waals surface area contributed by atoms with Crippen LogP contribution in [0.5, 0.6) is 0 Å². The summed E-state index contributed by atoms with van der Waals surface area (Å²) in [6.07, 6.45) is 8.30. The smallest absolute Gasteiger partial charge is 0.286 e. The molecule has 2 aliphatic carbocycles. The average Bonchev–Trinajstić information content (AvgIpc) is 2.86. The first-order valence-corrected chi connectivity index (χ1v) is 7.49. The number of nitrogens with zero attached hydrogens (tertiary/aromatic N) is 2. The topological polar surface area (TPSA) is 48.2 Å². The van der Waals surface area contributed by atoms with Crippen molar-refractivity contribution in [3.8, 4) is 0 Å². The molecule has 0 aromatic carbocycles. The van der Waals surface area contributed by atoms with Gasteiger partial charge >= 0.3 is 0 Å². The molecule has 1 heterocycles. The number of hydrogen-bond donors (Lipinski definition) is 0. The van der Waals surface area contributed by atoms with E-state index < -0.39 is 0 Å². The second kappa shape index (κ2) is 6.04. The first kappa shape index (κ1) is 13.7. The zero-order valence-corrected chi connectivity index (χ0v) is 11.9. The van der Waals surface area contributed by atoms with Crippen LogP contribution in [0, 0.1) is 5.92 Å². The lowest BCUT2D eigenvalue weighted by Gasteiger charge is -2.26. The van der Waals surface area contributed by atoms with Crippen molar-refractivity contribution in [1.29, 1.82) is 0 Å². The van der Waals surface area contributed by atoms with Gasteiger partial charge in [0.1, 0.15) is 0 Å². The summed E-state index contributed by atoms with van der Waals surface area (Å²) in [5.74, 6) is 0.973. The van der Waals surface area contributed by atoms with Gasteiger partial charge in [-0.1, -0.05) is 5.16 Å². The standard InChI is InChI=1S/C15H21FN2O2/c1-19-12-7-5-10(6-8-12)9-13-17-15(20-18-13)14(16)11-3-2-4-11/h10,12H,2-9H2,1H3. The fourth-order valence-electron chi connectivity index (χ4n) is 2.98. The van der Waals surface area contributed by atoms with E-state index in [1.807, 2.05) is 0 Å². The van der Waals surface area contributed by atoms with Crippen molar-refractivity contribution in [2.75, 3.05) is 7.11 Å². The summed E-state index contributed by atoms with van der Waals surface area (Å²) in [7, 11) is 1.77. The Bertz CT molecular complexity index is 484. The molecular weight excluding hydrogens is 259 g/mol. The quantitative estimate of drug-likeness (QED) is 0.844. The minimum atomic E-state index is -0.293. The second-order valence-corrected chi connectivity index (χ2v) is 5.87. The highest BCUT2D eigenvalue weighted by Gasteiger charge is 2.24. The molecule has 0 saturated heterocycles. The van der Waals surface area contributed by atoms with Crippen molar-refractivity contribution in [2.24, 2.45) is 5.92 Å². The van der Waals surface area contributed by atoms with Crippen LogP contribution >= 0.6 is 0 Å². The summed E-state index contributed by atoms with van der Waals surface area (Å²) in [6, 6.07) is 0. The van der Waals surface area contributed by atoms with Gasteiger partial charge in [-0.05, 0) is 56.4 Å². The Morgan fingerprint density at radius 2 is 2.05 bits per heavy atom. The van der Waals surface area contributed by atoms with E-state index in [0.29, 0.717) is 17.8 Å². The maximum Gasteiger partial charge on any atom is 0.286 e. The van der Waals surface area contributed by atoms with Gasteiger partial charge in [0.05, 0.1) is 6.10 Å². The van der Waals surface area contributed by atoms with Crippen LogP contribution in [-0.2, 0) is 11.2 Å². The Kier molecular flexibility index (Phi) is 4.15. The summed E-state index contributed by atoms with van der Waals surface area (Å²) in [4.78, 5) is 4.20. The number of aromatic nitrogens is 2. The minimum absolute atomic E-state index is 0.0697. The number of hydrogen-bond acceptors (Lipinski definition) is 4. The van der Waals surface area contributed by atoms with E-state index in [0.717, 1.165) is 56.9 Å². The first-order valence-electron chi connectivity index (χ1n) is 7.49. The van der Waals surface area contributed by atoms with Gasteiger partial charge in [0.2, 0.25) is 0 Å². The van der Waals surface area contributed by atoms with Gasteiger partial charge in [0, 0.05) is 13.5 Å². The molecule has 4 nitrogen and oxygen atoms in total. The number of rotatable bonds is 4. The van der Waals surface area contributed by atoms with Crippen molar-refractivity contribution >= 4 is 5.83 Å². The normalized spacial score (nSPS) is 26.4. The van der Waals surface area contributed by atoms with Crippen molar-refractivity contribution < 1.29 is 13.7 Å². The molecule has 2 aliphatic rings. The highest BCUT2D eigenvalue weighted by atomic mass is 19.1. The van der Waals surface area contributed by atoms with Gasteiger partial charge < -0.3 is 9.26 Å². The van der Waals surface area contributed by atoms with E-state index in [1.165, 1.54) is 0 Å². The lowest BCUT2D eigenvalue weighted by atomic mass is 9.85. The summed E-state index contributed by atoms with van der Waals surface area (Å²) < 4.78 is 24.3. The van der Waals surface area contributed by atoms with Gasteiger partial charge in [-0.15, -0.1) is 0 Å². The first-order chi connectivity index (χ1) is 9.76. The molecule has 0 N–H and O–H groups in total. The highest BCUT2D eigenvalue weighted by molar-refractivity contribution is 5.56. The molecular formula is C15H21FN2O2. The molecule has 0 spiro atoms. The third kappa shape index (κ3) is 2.92. The van der Waals surface area contributed by atoms with Crippen LogP contribution in [0.15, 0.2) is 10.1 Å². The fraction of sp³-hybridized carbons (Fsp3) is 0.733. The molecule has 0 amide bonds. The molecule has 0 aliphatic heterocycles. The molecule has 1 aromatic heterocycles. The Hall–Kier alpha value is -1.23. The van der Waals surface area contributed by atoms with E-state index in [2.05, 4.69) is 10.1 Å². The van der Waals surface area contributed by atoms with Crippen LogP contribution in [0.4, 0.5) is 4.39 Å². The van der Waals surface area contributed by atoms with E-state index in [9.17, 15) is 4.39 Å². The lowest BCUT2D eigenvalue weighted by Crippen LogP contribution is -2.21. The van der Waals surface area contributed by atoms with Crippen LogP contribution in [0.25, 0.3) is 5.83 Å². The molecule has 1 aromatic rings. The van der Waals surface area contributed by atoms with E-state index in [4.69, 9.17) is 9.26 Å². The molecule has 3 rings (SSSR count). The van der Waals surface area contributed by atoms with Crippen LogP contribution in [0.2, 0.25) is 0 Å². The van der Waals surface area contributed by atoms with E-state index >= 15 is 0 Å². The predicted octanol–water partition coefficient (Wildman–Crippen LogP) is 3.68. The van der Waals surface area contributed by atoms with Gasteiger partial charge in [-0.25, -0.2) is 4.39 Å². The maximum atomic E-state index is 13.9. The number of halogens is 1. The zero-order valence-electron chi connectivity index (χ0n) is 11.9.